The minimum absolute atomic E-state index is 0.378. The van der Waals surface area contributed by atoms with E-state index in [1.807, 2.05) is 31.2 Å². The Bertz CT molecular complexity index is 973. The summed E-state index contributed by atoms with van der Waals surface area (Å²) >= 11 is 3.32. The molecule has 6 heteroatoms. The van der Waals surface area contributed by atoms with Gasteiger partial charge in [0.1, 0.15) is 5.75 Å². The summed E-state index contributed by atoms with van der Waals surface area (Å²) in [5.41, 5.74) is 1.11. The van der Waals surface area contributed by atoms with Crippen molar-refractivity contribution in [2.75, 3.05) is 6.61 Å². The van der Waals surface area contributed by atoms with Gasteiger partial charge in [-0.1, -0.05) is 33.6 Å². The molecule has 0 aliphatic rings. The first-order chi connectivity index (χ1) is 11.5. The van der Waals surface area contributed by atoms with Gasteiger partial charge in [0.15, 0.2) is 0 Å². The summed E-state index contributed by atoms with van der Waals surface area (Å²) in [6.45, 7) is 2.89. The number of fused-ring (bicyclic) bond motifs is 1. The van der Waals surface area contributed by atoms with Crippen molar-refractivity contribution in [2.24, 2.45) is 0 Å². The van der Waals surface area contributed by atoms with Crippen LogP contribution < -0.4 is 16.1 Å². The predicted molar refractivity (Wildman–Crippen MR) is 95.7 cm³/mol. The van der Waals surface area contributed by atoms with Gasteiger partial charge in [0.25, 0.3) is 0 Å². The Morgan fingerprint density at radius 1 is 1.12 bits per heavy atom. The van der Waals surface area contributed by atoms with E-state index in [4.69, 9.17) is 9.15 Å². The molecule has 3 aromatic rings. The molecule has 24 heavy (non-hydrogen) atoms. The Kier molecular flexibility index (Phi) is 4.85. The first kappa shape index (κ1) is 16.5. The van der Waals surface area contributed by atoms with Crippen LogP contribution in [-0.4, -0.2) is 11.2 Å². The number of nitrogens with zero attached hydrogens (tertiary/aromatic N) is 1. The summed E-state index contributed by atoms with van der Waals surface area (Å²) in [5.74, 6) is 0.145. The molecule has 0 atom stereocenters. The monoisotopic (exact) mass is 389 g/mol. The maximum Gasteiger partial charge on any atom is 0.422 e. The molecule has 3 rings (SSSR count). The molecule has 0 unspecified atom stereocenters. The van der Waals surface area contributed by atoms with E-state index in [1.54, 1.807) is 18.2 Å². The number of hydrogen-bond donors (Lipinski definition) is 0. The Labute approximate surface area is 146 Å². The number of aryl methyl sites for hydroxylation is 2. The van der Waals surface area contributed by atoms with Crippen molar-refractivity contribution in [3.05, 3.63) is 73.5 Å². The van der Waals surface area contributed by atoms with Gasteiger partial charge in [0.05, 0.1) is 17.5 Å². The lowest BCUT2D eigenvalue weighted by molar-refractivity contribution is 0.296. The normalized spacial score (nSPS) is 10.9. The van der Waals surface area contributed by atoms with Crippen molar-refractivity contribution in [3.63, 3.8) is 0 Å². The van der Waals surface area contributed by atoms with Crippen LogP contribution in [0.3, 0.4) is 0 Å². The third-order valence-electron chi connectivity index (χ3n) is 3.69. The zero-order valence-electron chi connectivity index (χ0n) is 13.1. The molecular formula is C18H16BrNO4. The number of ether oxygens (including phenoxy) is 1. The summed E-state index contributed by atoms with van der Waals surface area (Å²) in [6.07, 6.45) is 0.618. The molecule has 0 radical (unpaired) electrons. The van der Waals surface area contributed by atoms with Crippen LogP contribution in [0.25, 0.3) is 10.9 Å². The molecule has 0 N–H and O–H groups in total. The highest BCUT2D eigenvalue weighted by atomic mass is 79.9. The quantitative estimate of drug-likeness (QED) is 0.626. The van der Waals surface area contributed by atoms with E-state index < -0.39 is 11.4 Å². The average molecular weight is 390 g/mol. The second-order valence-electron chi connectivity index (χ2n) is 5.48. The maximum absolute atomic E-state index is 12.0. The molecule has 1 aromatic heterocycles. The van der Waals surface area contributed by atoms with Crippen LogP contribution in [0.2, 0.25) is 0 Å². The van der Waals surface area contributed by atoms with Crippen LogP contribution >= 0.6 is 15.9 Å². The third kappa shape index (κ3) is 3.59. The van der Waals surface area contributed by atoms with Crippen LogP contribution in [0, 0.1) is 6.92 Å². The zero-order valence-corrected chi connectivity index (χ0v) is 14.7. The minimum atomic E-state index is -0.648. The van der Waals surface area contributed by atoms with E-state index in [-0.39, 0.29) is 0 Å². The van der Waals surface area contributed by atoms with Crippen molar-refractivity contribution in [1.29, 1.82) is 0 Å². The molecule has 2 aromatic carbocycles. The van der Waals surface area contributed by atoms with Gasteiger partial charge < -0.3 is 9.15 Å². The standard InChI is InChI=1S/C18H16BrNO4/c1-12-3-6-14(7-4-12)23-10-2-9-20-16-8-5-13(19)11-15(16)17(21)24-18(20)22/h3-8,11H,2,9-10H2,1H3. The number of rotatable bonds is 5. The maximum atomic E-state index is 12.0. The first-order valence-corrected chi connectivity index (χ1v) is 8.36. The second kappa shape index (κ2) is 7.05. The molecular weight excluding hydrogens is 374 g/mol. The third-order valence-corrected chi connectivity index (χ3v) is 4.18. The molecule has 0 aliphatic heterocycles. The van der Waals surface area contributed by atoms with Crippen molar-refractivity contribution >= 4 is 26.8 Å². The molecule has 5 nitrogen and oxygen atoms in total. The predicted octanol–water partition coefficient (Wildman–Crippen LogP) is 3.49. The number of halogens is 1. The van der Waals surface area contributed by atoms with Crippen molar-refractivity contribution in [1.82, 2.24) is 4.57 Å². The Hall–Kier alpha value is -2.34. The van der Waals surface area contributed by atoms with Gasteiger partial charge in [-0.15, -0.1) is 0 Å². The number of aromatic nitrogens is 1. The van der Waals surface area contributed by atoms with Crippen molar-refractivity contribution < 1.29 is 9.15 Å². The highest BCUT2D eigenvalue weighted by molar-refractivity contribution is 9.10. The van der Waals surface area contributed by atoms with E-state index in [0.717, 1.165) is 10.2 Å². The summed E-state index contributed by atoms with van der Waals surface area (Å²) < 4.78 is 12.7. The summed E-state index contributed by atoms with van der Waals surface area (Å²) in [4.78, 5) is 23.8. The van der Waals surface area contributed by atoms with Crippen LogP contribution in [0.4, 0.5) is 0 Å². The fraction of sp³-hybridized carbons (Fsp3) is 0.222. The van der Waals surface area contributed by atoms with Gasteiger partial charge in [0, 0.05) is 11.0 Å². The van der Waals surface area contributed by atoms with Crippen LogP contribution in [-0.2, 0) is 6.54 Å². The highest BCUT2D eigenvalue weighted by Crippen LogP contribution is 2.16. The Balaban J connectivity index is 1.74. The smallest absolute Gasteiger partial charge is 0.422 e. The van der Waals surface area contributed by atoms with Crippen molar-refractivity contribution in [2.45, 2.75) is 19.9 Å². The number of benzene rings is 2. The summed E-state index contributed by atoms with van der Waals surface area (Å²) in [5, 5.41) is 0.378. The van der Waals surface area contributed by atoms with Gasteiger partial charge in [-0.2, -0.15) is 0 Å². The van der Waals surface area contributed by atoms with E-state index in [1.165, 1.54) is 10.1 Å². The molecule has 0 saturated carbocycles. The highest BCUT2D eigenvalue weighted by Gasteiger charge is 2.09. The molecule has 124 valence electrons. The topological polar surface area (TPSA) is 61.4 Å². The number of hydrogen-bond acceptors (Lipinski definition) is 4. The van der Waals surface area contributed by atoms with Gasteiger partial charge in [0.2, 0.25) is 0 Å². The lowest BCUT2D eigenvalue weighted by Gasteiger charge is -2.10. The Morgan fingerprint density at radius 2 is 1.88 bits per heavy atom. The molecule has 0 spiro atoms. The SMILES string of the molecule is Cc1ccc(OCCCn2c(=O)oc(=O)c3cc(Br)ccc32)cc1. The largest absolute Gasteiger partial charge is 0.494 e. The molecule has 0 bridgehead atoms. The fourth-order valence-electron chi connectivity index (χ4n) is 2.45. The van der Waals surface area contributed by atoms with E-state index in [9.17, 15) is 9.59 Å². The van der Waals surface area contributed by atoms with Gasteiger partial charge >= 0.3 is 11.4 Å². The molecule has 0 aliphatic carbocycles. The van der Waals surface area contributed by atoms with Gasteiger partial charge in [-0.05, 0) is 43.7 Å². The van der Waals surface area contributed by atoms with Crippen LogP contribution in [0.15, 0.2) is 60.9 Å². The summed E-state index contributed by atoms with van der Waals surface area (Å²) in [6, 6.07) is 13.0. The molecule has 0 amide bonds. The van der Waals surface area contributed by atoms with Crippen LogP contribution in [0.5, 0.6) is 5.75 Å². The Morgan fingerprint density at radius 3 is 2.62 bits per heavy atom. The molecule has 1 heterocycles. The average Bonchev–Trinajstić information content (AvgIpc) is 2.56. The molecule has 0 fully saturated rings. The second-order valence-corrected chi connectivity index (χ2v) is 6.40. The van der Waals surface area contributed by atoms with Crippen molar-refractivity contribution in [3.8, 4) is 5.75 Å². The van der Waals surface area contributed by atoms with Gasteiger partial charge in [-0.3, -0.25) is 4.57 Å². The zero-order chi connectivity index (χ0) is 17.1. The minimum Gasteiger partial charge on any atom is -0.494 e. The summed E-state index contributed by atoms with van der Waals surface area (Å²) in [7, 11) is 0. The van der Waals surface area contributed by atoms with E-state index in [2.05, 4.69) is 15.9 Å². The first-order valence-electron chi connectivity index (χ1n) is 7.57. The van der Waals surface area contributed by atoms with Crippen LogP contribution in [0.1, 0.15) is 12.0 Å². The van der Waals surface area contributed by atoms with E-state index in [0.29, 0.717) is 30.5 Å². The van der Waals surface area contributed by atoms with E-state index >= 15 is 0 Å². The lowest BCUT2D eigenvalue weighted by atomic mass is 10.2. The van der Waals surface area contributed by atoms with Gasteiger partial charge in [-0.25, -0.2) is 9.59 Å². The fourth-order valence-corrected chi connectivity index (χ4v) is 2.81. The lowest BCUT2D eigenvalue weighted by Crippen LogP contribution is -2.25. The molecule has 0 saturated heterocycles.